The molecule has 0 saturated carbocycles. The van der Waals surface area contributed by atoms with Crippen molar-refractivity contribution in [1.82, 2.24) is 10.2 Å². The molecule has 2 aromatic carbocycles. The quantitative estimate of drug-likeness (QED) is 0.750. The van der Waals surface area contributed by atoms with E-state index in [0.717, 1.165) is 0 Å². The molecule has 2 N–H and O–H groups in total. The Morgan fingerprint density at radius 2 is 1.74 bits per heavy atom. The fourth-order valence-corrected chi connectivity index (χ4v) is 3.83. The highest BCUT2D eigenvalue weighted by Gasteiger charge is 2.41. The number of nitrogens with one attached hydrogen (secondary N) is 1. The summed E-state index contributed by atoms with van der Waals surface area (Å²) in [5.74, 6) is 0.177. The van der Waals surface area contributed by atoms with E-state index in [1.54, 1.807) is 4.90 Å². The number of rotatable bonds is 8. The topological polar surface area (TPSA) is 61.8 Å². The van der Waals surface area contributed by atoms with Crippen LogP contribution >= 0.6 is 0 Å². The summed E-state index contributed by atoms with van der Waals surface area (Å²) in [6.07, 6.45) is 0. The average Bonchev–Trinajstić information content (AvgIpc) is 2.69. The van der Waals surface area contributed by atoms with E-state index in [0.29, 0.717) is 13.1 Å². The molecule has 0 aliphatic carbocycles. The molecule has 1 aliphatic rings. The van der Waals surface area contributed by atoms with Crippen molar-refractivity contribution in [2.75, 3.05) is 33.4 Å². The molecule has 27 heavy (non-hydrogen) atoms. The lowest BCUT2D eigenvalue weighted by molar-refractivity contribution is -0.135. The number of carbonyl (C=O) groups excluding carboxylic acids is 1. The van der Waals surface area contributed by atoms with E-state index in [9.17, 15) is 9.90 Å². The molecule has 0 unspecified atom stereocenters. The average molecular weight is 368 g/mol. The molecule has 144 valence electrons. The maximum atomic E-state index is 12.2. The van der Waals surface area contributed by atoms with Gasteiger partial charge in [0.2, 0.25) is 5.91 Å². The minimum atomic E-state index is -0.00701. The van der Waals surface area contributed by atoms with Gasteiger partial charge < -0.3 is 20.1 Å². The Hall–Kier alpha value is -2.21. The molecule has 1 amide bonds. The van der Waals surface area contributed by atoms with Crippen LogP contribution in [0.2, 0.25) is 0 Å². The lowest BCUT2D eigenvalue weighted by atomic mass is 9.77. The molecule has 5 heteroatoms. The van der Waals surface area contributed by atoms with Crippen LogP contribution in [0.1, 0.15) is 18.4 Å². The van der Waals surface area contributed by atoms with E-state index in [2.05, 4.69) is 41.7 Å². The first-order valence-corrected chi connectivity index (χ1v) is 9.47. The van der Waals surface area contributed by atoms with Crippen LogP contribution in [0.5, 0.6) is 0 Å². The number of aliphatic hydroxyl groups excluding tert-OH is 1. The molecule has 3 atom stereocenters. The van der Waals surface area contributed by atoms with Crippen molar-refractivity contribution in [1.29, 1.82) is 0 Å². The Morgan fingerprint density at radius 1 is 1.07 bits per heavy atom. The summed E-state index contributed by atoms with van der Waals surface area (Å²) in [7, 11) is 1.53. The summed E-state index contributed by atoms with van der Waals surface area (Å²) in [6.45, 7) is 3.41. The summed E-state index contributed by atoms with van der Waals surface area (Å²) < 4.78 is 4.98. The number of hydrogen-bond acceptors (Lipinski definition) is 4. The third-order valence-electron chi connectivity index (χ3n) is 5.31. The third-order valence-corrected chi connectivity index (χ3v) is 5.31. The number of nitrogens with zero attached hydrogens (tertiary/aromatic N) is 1. The highest BCUT2D eigenvalue weighted by atomic mass is 16.5. The minimum absolute atomic E-state index is 0.00701. The van der Waals surface area contributed by atoms with Gasteiger partial charge >= 0.3 is 0 Å². The molecular weight excluding hydrogens is 340 g/mol. The van der Waals surface area contributed by atoms with Crippen LogP contribution in [-0.4, -0.2) is 61.4 Å². The molecule has 1 heterocycles. The third kappa shape index (κ3) is 4.38. The number of amides is 1. The lowest BCUT2D eigenvalue weighted by Gasteiger charge is -2.47. The van der Waals surface area contributed by atoms with Gasteiger partial charge in [0.15, 0.2) is 0 Å². The van der Waals surface area contributed by atoms with E-state index in [1.807, 2.05) is 25.1 Å². The number of carbonyl (C=O) groups is 1. The summed E-state index contributed by atoms with van der Waals surface area (Å²) >= 11 is 0. The first-order chi connectivity index (χ1) is 13.2. The monoisotopic (exact) mass is 368 g/mol. The van der Waals surface area contributed by atoms with Gasteiger partial charge in [-0.2, -0.15) is 0 Å². The molecule has 1 aliphatic heterocycles. The van der Waals surface area contributed by atoms with Crippen LogP contribution in [0.25, 0.3) is 11.1 Å². The fourth-order valence-electron chi connectivity index (χ4n) is 3.83. The van der Waals surface area contributed by atoms with E-state index in [4.69, 9.17) is 4.74 Å². The SMILES string of the molecule is CCN(C[C@H]1N[C@H](CO)[C@H]1c1ccc(-c2ccccc2)cc1)C(=O)COC. The van der Waals surface area contributed by atoms with Gasteiger partial charge in [-0.25, -0.2) is 0 Å². The predicted molar refractivity (Wildman–Crippen MR) is 107 cm³/mol. The summed E-state index contributed by atoms with van der Waals surface area (Å²) in [5.41, 5.74) is 3.55. The Bertz CT molecular complexity index is 733. The maximum Gasteiger partial charge on any atom is 0.248 e. The Kier molecular flexibility index (Phi) is 6.61. The van der Waals surface area contributed by atoms with E-state index in [-0.39, 0.29) is 37.1 Å². The van der Waals surface area contributed by atoms with Crippen molar-refractivity contribution < 1.29 is 14.6 Å². The van der Waals surface area contributed by atoms with Crippen LogP contribution in [0.4, 0.5) is 0 Å². The smallest absolute Gasteiger partial charge is 0.248 e. The lowest BCUT2D eigenvalue weighted by Crippen LogP contribution is -2.65. The second kappa shape index (κ2) is 9.13. The van der Waals surface area contributed by atoms with Crippen molar-refractivity contribution in [3.05, 3.63) is 60.2 Å². The Morgan fingerprint density at radius 3 is 2.33 bits per heavy atom. The van der Waals surface area contributed by atoms with Gasteiger partial charge in [-0.15, -0.1) is 0 Å². The first kappa shape index (κ1) is 19.5. The standard InChI is InChI=1S/C22H28N2O3/c1-3-24(21(26)15-27-2)13-19-22(20(14-25)23-19)18-11-9-17(10-12-18)16-7-5-4-6-8-16/h4-12,19-20,22-23,25H,3,13-15H2,1-2H3/t19-,20-,22+/m1/s1. The fraction of sp³-hybridized carbons (Fsp3) is 0.409. The zero-order valence-corrected chi connectivity index (χ0v) is 16.0. The molecule has 0 spiro atoms. The van der Waals surface area contributed by atoms with Crippen molar-refractivity contribution in [3.8, 4) is 11.1 Å². The van der Waals surface area contributed by atoms with Gasteiger partial charge in [0.1, 0.15) is 6.61 Å². The second-order valence-electron chi connectivity index (χ2n) is 6.94. The zero-order chi connectivity index (χ0) is 19.2. The number of benzene rings is 2. The summed E-state index contributed by atoms with van der Waals surface area (Å²) in [4.78, 5) is 14.0. The molecular formula is C22H28N2O3. The number of likely N-dealkylation sites (N-methyl/N-ethyl adjacent to an activating group) is 1. The highest BCUT2D eigenvalue weighted by molar-refractivity contribution is 5.77. The molecule has 0 bridgehead atoms. The van der Waals surface area contributed by atoms with Gasteiger partial charge in [0.25, 0.3) is 0 Å². The molecule has 0 radical (unpaired) electrons. The van der Waals surface area contributed by atoms with Gasteiger partial charge in [-0.05, 0) is 23.6 Å². The maximum absolute atomic E-state index is 12.2. The molecule has 2 aromatic rings. The van der Waals surface area contributed by atoms with Crippen LogP contribution < -0.4 is 5.32 Å². The number of hydrogen-bond donors (Lipinski definition) is 2. The van der Waals surface area contributed by atoms with Gasteiger partial charge in [0, 0.05) is 38.2 Å². The number of ether oxygens (including phenoxy) is 1. The molecule has 3 rings (SSSR count). The first-order valence-electron chi connectivity index (χ1n) is 9.47. The van der Waals surface area contributed by atoms with Crippen LogP contribution in [0, 0.1) is 0 Å². The van der Waals surface area contributed by atoms with E-state index >= 15 is 0 Å². The minimum Gasteiger partial charge on any atom is -0.395 e. The second-order valence-corrected chi connectivity index (χ2v) is 6.94. The Labute approximate surface area is 161 Å². The predicted octanol–water partition coefficient (Wildman–Crippen LogP) is 2.26. The highest BCUT2D eigenvalue weighted by Crippen LogP contribution is 2.33. The Balaban J connectivity index is 1.73. The zero-order valence-electron chi connectivity index (χ0n) is 16.0. The summed E-state index contributed by atoms with van der Waals surface area (Å²) in [6, 6.07) is 19.0. The van der Waals surface area contributed by atoms with Crippen LogP contribution in [0.15, 0.2) is 54.6 Å². The largest absolute Gasteiger partial charge is 0.395 e. The van der Waals surface area contributed by atoms with Crippen molar-refractivity contribution in [2.45, 2.75) is 24.9 Å². The molecule has 1 saturated heterocycles. The van der Waals surface area contributed by atoms with Gasteiger partial charge in [0.05, 0.1) is 6.61 Å². The van der Waals surface area contributed by atoms with Crippen molar-refractivity contribution in [2.24, 2.45) is 0 Å². The summed E-state index contributed by atoms with van der Waals surface area (Å²) in [5, 5.41) is 13.1. The van der Waals surface area contributed by atoms with Gasteiger partial charge in [-0.1, -0.05) is 54.6 Å². The van der Waals surface area contributed by atoms with E-state index in [1.165, 1.54) is 23.8 Å². The molecule has 0 aromatic heterocycles. The van der Waals surface area contributed by atoms with Crippen LogP contribution in [0.3, 0.4) is 0 Å². The molecule has 1 fully saturated rings. The molecule has 5 nitrogen and oxygen atoms in total. The van der Waals surface area contributed by atoms with Gasteiger partial charge in [-0.3, -0.25) is 4.79 Å². The number of methoxy groups -OCH3 is 1. The number of aliphatic hydroxyl groups is 1. The van der Waals surface area contributed by atoms with Crippen LogP contribution in [-0.2, 0) is 9.53 Å². The van der Waals surface area contributed by atoms with Crippen molar-refractivity contribution >= 4 is 5.91 Å². The van der Waals surface area contributed by atoms with E-state index < -0.39 is 0 Å². The van der Waals surface area contributed by atoms with Crippen molar-refractivity contribution in [3.63, 3.8) is 0 Å². The normalized spacial score (nSPS) is 21.5.